The molecule has 1 atom stereocenters. The number of nitriles is 1. The van der Waals surface area contributed by atoms with Crippen LogP contribution in [0.15, 0.2) is 29.2 Å². The van der Waals surface area contributed by atoms with Crippen molar-refractivity contribution in [3.63, 3.8) is 0 Å². The third kappa shape index (κ3) is 3.53. The van der Waals surface area contributed by atoms with Gasteiger partial charge in [0.25, 0.3) is 0 Å². The van der Waals surface area contributed by atoms with Gasteiger partial charge in [-0.15, -0.1) is 0 Å². The lowest BCUT2D eigenvalue weighted by Gasteiger charge is -2.14. The highest BCUT2D eigenvalue weighted by molar-refractivity contribution is 7.91. The first kappa shape index (κ1) is 14.0. The highest BCUT2D eigenvalue weighted by atomic mass is 32.2. The normalized spacial score (nSPS) is 20.3. The Morgan fingerprint density at radius 2 is 2.05 bits per heavy atom. The zero-order valence-corrected chi connectivity index (χ0v) is 11.4. The molecule has 6 heteroatoms. The molecule has 102 valence electrons. The first-order chi connectivity index (χ1) is 9.01. The molecule has 0 spiro atoms. The average molecular weight is 279 g/mol. The molecule has 0 aromatic heterocycles. The monoisotopic (exact) mass is 279 g/mol. The SMILES string of the molecule is N#Cc1ccc(S(=O)(=O)CCN2CC[C@H](N)C2)cc1. The number of hydrogen-bond acceptors (Lipinski definition) is 5. The van der Waals surface area contributed by atoms with Crippen molar-refractivity contribution < 1.29 is 8.42 Å². The van der Waals surface area contributed by atoms with Gasteiger partial charge >= 0.3 is 0 Å². The van der Waals surface area contributed by atoms with Gasteiger partial charge in [-0.2, -0.15) is 5.26 Å². The summed E-state index contributed by atoms with van der Waals surface area (Å²) in [5.74, 6) is 0.0889. The second-order valence-electron chi connectivity index (χ2n) is 4.80. The first-order valence-corrected chi connectivity index (χ1v) is 7.87. The number of nitrogens with two attached hydrogens (primary N) is 1. The van der Waals surface area contributed by atoms with E-state index in [2.05, 4.69) is 4.90 Å². The summed E-state index contributed by atoms with van der Waals surface area (Å²) in [4.78, 5) is 2.35. The quantitative estimate of drug-likeness (QED) is 0.860. The maximum atomic E-state index is 12.1. The Morgan fingerprint density at radius 1 is 1.37 bits per heavy atom. The average Bonchev–Trinajstić information content (AvgIpc) is 2.82. The summed E-state index contributed by atoms with van der Waals surface area (Å²) < 4.78 is 24.3. The van der Waals surface area contributed by atoms with Crippen LogP contribution in [0, 0.1) is 11.3 Å². The molecule has 2 N–H and O–H groups in total. The van der Waals surface area contributed by atoms with E-state index in [1.165, 1.54) is 24.3 Å². The van der Waals surface area contributed by atoms with Crippen LogP contribution < -0.4 is 5.73 Å². The standard InChI is InChI=1S/C13H17N3O2S/c14-9-11-1-3-13(4-2-11)19(17,18)8-7-16-6-5-12(15)10-16/h1-4,12H,5-8,10,15H2/t12-/m0/s1. The number of nitrogens with zero attached hydrogens (tertiary/aromatic N) is 2. The molecule has 1 saturated heterocycles. The Kier molecular flexibility index (Phi) is 4.20. The molecule has 5 nitrogen and oxygen atoms in total. The van der Waals surface area contributed by atoms with Crippen molar-refractivity contribution in [1.82, 2.24) is 4.90 Å². The second-order valence-corrected chi connectivity index (χ2v) is 6.91. The van der Waals surface area contributed by atoms with Gasteiger partial charge in [0.15, 0.2) is 9.84 Å². The van der Waals surface area contributed by atoms with Gasteiger partial charge in [-0.1, -0.05) is 0 Å². The third-order valence-electron chi connectivity index (χ3n) is 3.33. The molecule has 1 aliphatic heterocycles. The Bertz CT molecular complexity index is 575. The van der Waals surface area contributed by atoms with E-state index in [0.717, 1.165) is 19.5 Å². The van der Waals surface area contributed by atoms with Crippen molar-refractivity contribution in [2.24, 2.45) is 5.73 Å². The molecule has 0 amide bonds. The van der Waals surface area contributed by atoms with Gasteiger partial charge < -0.3 is 10.6 Å². The Balaban J connectivity index is 1.99. The summed E-state index contributed by atoms with van der Waals surface area (Å²) in [7, 11) is -3.28. The topological polar surface area (TPSA) is 87.2 Å². The maximum absolute atomic E-state index is 12.1. The molecule has 0 aliphatic carbocycles. The summed E-state index contributed by atoms with van der Waals surface area (Å²) in [6.07, 6.45) is 0.927. The highest BCUT2D eigenvalue weighted by Gasteiger charge is 2.22. The molecule has 1 aromatic rings. The van der Waals surface area contributed by atoms with Crippen molar-refractivity contribution in [2.75, 3.05) is 25.4 Å². The van der Waals surface area contributed by atoms with E-state index in [4.69, 9.17) is 11.0 Å². The minimum atomic E-state index is -3.28. The number of rotatable bonds is 4. The largest absolute Gasteiger partial charge is 0.326 e. The lowest BCUT2D eigenvalue weighted by molar-refractivity contribution is 0.354. The van der Waals surface area contributed by atoms with Crippen LogP contribution in [0.1, 0.15) is 12.0 Å². The summed E-state index contributed by atoms with van der Waals surface area (Å²) in [5, 5.41) is 8.69. The molecule has 0 radical (unpaired) electrons. The zero-order valence-electron chi connectivity index (χ0n) is 10.6. The van der Waals surface area contributed by atoms with Crippen LogP contribution in [-0.2, 0) is 9.84 Å². The lowest BCUT2D eigenvalue weighted by atomic mass is 10.2. The van der Waals surface area contributed by atoms with Gasteiger partial charge in [0.2, 0.25) is 0 Å². The number of hydrogen-bond donors (Lipinski definition) is 1. The summed E-state index contributed by atoms with van der Waals surface area (Å²) >= 11 is 0. The smallest absolute Gasteiger partial charge is 0.179 e. The van der Waals surface area contributed by atoms with Crippen molar-refractivity contribution in [3.8, 4) is 6.07 Å². The molecule has 19 heavy (non-hydrogen) atoms. The maximum Gasteiger partial charge on any atom is 0.179 e. The molecule has 1 heterocycles. The molecule has 1 fully saturated rings. The van der Waals surface area contributed by atoms with E-state index < -0.39 is 9.84 Å². The fraction of sp³-hybridized carbons (Fsp3) is 0.462. The van der Waals surface area contributed by atoms with Crippen molar-refractivity contribution in [2.45, 2.75) is 17.4 Å². The predicted octanol–water partition coefficient (Wildman–Crippen LogP) is 0.365. The van der Waals surface area contributed by atoms with E-state index in [0.29, 0.717) is 12.1 Å². The van der Waals surface area contributed by atoms with E-state index in [-0.39, 0.29) is 16.7 Å². The van der Waals surface area contributed by atoms with E-state index >= 15 is 0 Å². The van der Waals surface area contributed by atoms with Crippen LogP contribution >= 0.6 is 0 Å². The van der Waals surface area contributed by atoms with Crippen LogP contribution in [0.5, 0.6) is 0 Å². The van der Waals surface area contributed by atoms with Crippen molar-refractivity contribution >= 4 is 9.84 Å². The zero-order chi connectivity index (χ0) is 13.9. The molecular weight excluding hydrogens is 262 g/mol. The Labute approximate surface area is 113 Å². The minimum absolute atomic E-state index is 0.0889. The molecule has 0 unspecified atom stereocenters. The predicted molar refractivity (Wildman–Crippen MR) is 72.2 cm³/mol. The Morgan fingerprint density at radius 3 is 2.58 bits per heavy atom. The van der Waals surface area contributed by atoms with Crippen molar-refractivity contribution in [1.29, 1.82) is 5.26 Å². The Hall–Kier alpha value is -1.42. The number of likely N-dealkylation sites (tertiary alicyclic amines) is 1. The first-order valence-electron chi connectivity index (χ1n) is 6.22. The second kappa shape index (κ2) is 5.70. The molecule has 2 rings (SSSR count). The lowest BCUT2D eigenvalue weighted by Crippen LogP contribution is -2.30. The van der Waals surface area contributed by atoms with Gasteiger partial charge in [0.1, 0.15) is 0 Å². The summed E-state index contributed by atoms with van der Waals surface area (Å²) in [6, 6.07) is 8.17. The number of sulfone groups is 1. The molecular formula is C13H17N3O2S. The molecule has 0 bridgehead atoms. The van der Waals surface area contributed by atoms with E-state index in [9.17, 15) is 8.42 Å². The van der Waals surface area contributed by atoms with Gasteiger partial charge in [-0.05, 0) is 37.2 Å². The van der Waals surface area contributed by atoms with Crippen molar-refractivity contribution in [3.05, 3.63) is 29.8 Å². The van der Waals surface area contributed by atoms with Gasteiger partial charge in [0, 0.05) is 19.1 Å². The molecule has 1 aromatic carbocycles. The van der Waals surface area contributed by atoms with Gasteiger partial charge in [-0.3, -0.25) is 0 Å². The van der Waals surface area contributed by atoms with Crippen LogP contribution in [0.4, 0.5) is 0 Å². The highest BCUT2D eigenvalue weighted by Crippen LogP contribution is 2.14. The van der Waals surface area contributed by atoms with Crippen LogP contribution in [0.2, 0.25) is 0 Å². The minimum Gasteiger partial charge on any atom is -0.326 e. The molecule has 0 saturated carbocycles. The van der Waals surface area contributed by atoms with E-state index in [1.54, 1.807) is 0 Å². The van der Waals surface area contributed by atoms with E-state index in [1.807, 2.05) is 6.07 Å². The van der Waals surface area contributed by atoms with Crippen LogP contribution in [0.3, 0.4) is 0 Å². The fourth-order valence-corrected chi connectivity index (χ4v) is 3.45. The third-order valence-corrected chi connectivity index (χ3v) is 5.04. The van der Waals surface area contributed by atoms with Crippen LogP contribution in [0.25, 0.3) is 0 Å². The van der Waals surface area contributed by atoms with Crippen LogP contribution in [-0.4, -0.2) is 44.7 Å². The summed E-state index contributed by atoms with van der Waals surface area (Å²) in [5.41, 5.74) is 6.25. The molecule has 1 aliphatic rings. The van der Waals surface area contributed by atoms with Gasteiger partial charge in [-0.25, -0.2) is 8.42 Å². The summed E-state index contributed by atoms with van der Waals surface area (Å²) in [6.45, 7) is 2.14. The number of benzene rings is 1. The fourth-order valence-electron chi connectivity index (χ4n) is 2.17. The van der Waals surface area contributed by atoms with Gasteiger partial charge in [0.05, 0.1) is 22.3 Å².